The fourth-order valence-corrected chi connectivity index (χ4v) is 3.12. The van der Waals surface area contributed by atoms with Crippen molar-refractivity contribution in [2.24, 2.45) is 0 Å². The van der Waals surface area contributed by atoms with Crippen LogP contribution in [0, 0.1) is 11.3 Å². The zero-order valence-electron chi connectivity index (χ0n) is 10.9. The van der Waals surface area contributed by atoms with Gasteiger partial charge in [0, 0.05) is 0 Å². The van der Waals surface area contributed by atoms with Gasteiger partial charge >= 0.3 is 0 Å². The molecule has 3 nitrogen and oxygen atoms in total. The predicted octanol–water partition coefficient (Wildman–Crippen LogP) is 4.28. The molecule has 0 saturated carbocycles. The summed E-state index contributed by atoms with van der Waals surface area (Å²) in [4.78, 5) is 13.9. The molecule has 21 heavy (non-hydrogen) atoms. The lowest BCUT2D eigenvalue weighted by Crippen LogP contribution is -2.21. The summed E-state index contributed by atoms with van der Waals surface area (Å²) in [5, 5.41) is 9.61. The Morgan fingerprint density at radius 1 is 1.19 bits per heavy atom. The summed E-state index contributed by atoms with van der Waals surface area (Å²) in [6, 6.07) is 13.0. The van der Waals surface area contributed by atoms with Gasteiger partial charge in [-0.05, 0) is 23.3 Å². The van der Waals surface area contributed by atoms with Gasteiger partial charge in [0.15, 0.2) is 0 Å². The molecule has 104 valence electrons. The van der Waals surface area contributed by atoms with E-state index in [1.54, 1.807) is 17.0 Å². The van der Waals surface area contributed by atoms with Crippen LogP contribution in [-0.2, 0) is 17.6 Å². The predicted molar refractivity (Wildman–Crippen MR) is 83.1 cm³/mol. The molecule has 0 unspecified atom stereocenters. The van der Waals surface area contributed by atoms with Crippen LogP contribution in [0.15, 0.2) is 36.4 Å². The largest absolute Gasteiger partial charge is 0.277 e. The minimum atomic E-state index is -0.0749. The number of benzene rings is 2. The van der Waals surface area contributed by atoms with Crippen LogP contribution in [-0.4, -0.2) is 5.91 Å². The van der Waals surface area contributed by atoms with E-state index in [2.05, 4.69) is 6.07 Å². The van der Waals surface area contributed by atoms with Crippen LogP contribution < -0.4 is 4.90 Å². The quantitative estimate of drug-likeness (QED) is 0.830. The van der Waals surface area contributed by atoms with E-state index in [4.69, 9.17) is 28.5 Å². The highest BCUT2D eigenvalue weighted by atomic mass is 35.5. The maximum atomic E-state index is 12.3. The average molecular weight is 317 g/mol. The maximum absolute atomic E-state index is 12.3. The third kappa shape index (κ3) is 2.27. The Hall–Kier alpha value is -2.02. The molecule has 2 aromatic rings. The first kappa shape index (κ1) is 13.9. The van der Waals surface area contributed by atoms with Crippen molar-refractivity contribution in [3.05, 3.63) is 57.6 Å². The number of nitriles is 1. The fraction of sp³-hybridized carbons (Fsp3) is 0.125. The van der Waals surface area contributed by atoms with Crippen molar-refractivity contribution >= 4 is 40.5 Å². The van der Waals surface area contributed by atoms with Gasteiger partial charge in [0.1, 0.15) is 0 Å². The number of nitrogens with zero attached hydrogens (tertiary/aromatic N) is 2. The molecule has 5 heteroatoms. The van der Waals surface area contributed by atoms with Crippen molar-refractivity contribution in [1.29, 1.82) is 5.26 Å². The molecule has 3 rings (SSSR count). The Balaban J connectivity index is 2.19. The van der Waals surface area contributed by atoms with E-state index < -0.39 is 0 Å². The van der Waals surface area contributed by atoms with Crippen molar-refractivity contribution in [3.63, 3.8) is 0 Å². The highest BCUT2D eigenvalue weighted by Crippen LogP contribution is 2.44. The Morgan fingerprint density at radius 2 is 1.95 bits per heavy atom. The molecule has 0 N–H and O–H groups in total. The van der Waals surface area contributed by atoms with E-state index >= 15 is 0 Å². The number of fused-ring (bicyclic) bond motifs is 1. The second-order valence-electron chi connectivity index (χ2n) is 4.74. The molecule has 0 aromatic heterocycles. The van der Waals surface area contributed by atoms with Gasteiger partial charge in [-0.1, -0.05) is 47.5 Å². The molecule has 1 amide bonds. The summed E-state index contributed by atoms with van der Waals surface area (Å²) in [5.41, 5.74) is 2.86. The van der Waals surface area contributed by atoms with Crippen LogP contribution in [0.1, 0.15) is 11.1 Å². The number of carbonyl (C=O) groups is 1. The summed E-state index contributed by atoms with van der Waals surface area (Å²) in [6.45, 7) is 0. The molecule has 0 bridgehead atoms. The first-order valence-corrected chi connectivity index (χ1v) is 7.13. The normalized spacial score (nSPS) is 13.2. The zero-order chi connectivity index (χ0) is 15.0. The number of anilines is 2. The highest BCUT2D eigenvalue weighted by molar-refractivity contribution is 6.41. The third-order valence-electron chi connectivity index (χ3n) is 3.46. The van der Waals surface area contributed by atoms with Gasteiger partial charge in [0.25, 0.3) is 0 Å². The zero-order valence-corrected chi connectivity index (χ0v) is 12.4. The van der Waals surface area contributed by atoms with Crippen LogP contribution >= 0.6 is 23.2 Å². The van der Waals surface area contributed by atoms with Gasteiger partial charge < -0.3 is 0 Å². The van der Waals surface area contributed by atoms with E-state index in [0.29, 0.717) is 27.7 Å². The average Bonchev–Trinajstić information content (AvgIpc) is 2.79. The molecule has 0 aliphatic carbocycles. The molecule has 0 atom stereocenters. The van der Waals surface area contributed by atoms with E-state index in [-0.39, 0.29) is 12.3 Å². The number of halogens is 2. The Bertz CT molecular complexity index is 780. The highest BCUT2D eigenvalue weighted by Gasteiger charge is 2.31. The van der Waals surface area contributed by atoms with Crippen LogP contribution in [0.5, 0.6) is 0 Å². The van der Waals surface area contributed by atoms with E-state index in [9.17, 15) is 4.79 Å². The Labute approximate surface area is 132 Å². The molecular weight excluding hydrogens is 307 g/mol. The van der Waals surface area contributed by atoms with Crippen LogP contribution in [0.4, 0.5) is 11.4 Å². The van der Waals surface area contributed by atoms with Gasteiger partial charge in [-0.25, -0.2) is 0 Å². The number of carbonyl (C=O) groups excluding carboxylic acids is 1. The first-order valence-electron chi connectivity index (χ1n) is 6.38. The number of hydrogen-bond acceptors (Lipinski definition) is 2. The minimum Gasteiger partial charge on any atom is -0.277 e. The molecule has 0 radical (unpaired) electrons. The maximum Gasteiger partial charge on any atom is 0.236 e. The lowest BCUT2D eigenvalue weighted by atomic mass is 10.1. The molecule has 1 aliphatic heterocycles. The molecule has 0 spiro atoms. The van der Waals surface area contributed by atoms with Crippen molar-refractivity contribution in [2.45, 2.75) is 12.8 Å². The lowest BCUT2D eigenvalue weighted by Gasteiger charge is -2.21. The van der Waals surface area contributed by atoms with Crippen LogP contribution in [0.2, 0.25) is 10.0 Å². The Kier molecular flexibility index (Phi) is 3.59. The van der Waals surface area contributed by atoms with Gasteiger partial charge in [-0.2, -0.15) is 5.26 Å². The van der Waals surface area contributed by atoms with Gasteiger partial charge in [-0.15, -0.1) is 0 Å². The van der Waals surface area contributed by atoms with Crippen molar-refractivity contribution < 1.29 is 4.79 Å². The topological polar surface area (TPSA) is 44.1 Å². The van der Waals surface area contributed by atoms with Crippen molar-refractivity contribution in [1.82, 2.24) is 0 Å². The number of para-hydroxylation sites is 1. The summed E-state index contributed by atoms with van der Waals surface area (Å²) < 4.78 is 0. The summed E-state index contributed by atoms with van der Waals surface area (Å²) in [6.07, 6.45) is 0.498. The number of amides is 1. The molecule has 0 saturated heterocycles. The monoisotopic (exact) mass is 316 g/mol. The summed E-state index contributed by atoms with van der Waals surface area (Å²) >= 11 is 12.6. The van der Waals surface area contributed by atoms with Gasteiger partial charge in [0.05, 0.1) is 40.3 Å². The molecule has 1 aliphatic rings. The van der Waals surface area contributed by atoms with Crippen molar-refractivity contribution in [2.75, 3.05) is 4.90 Å². The first-order chi connectivity index (χ1) is 10.1. The van der Waals surface area contributed by atoms with E-state index in [1.807, 2.05) is 24.3 Å². The standard InChI is InChI=1S/C16H10Cl2N2O/c17-12-6-5-10(7-8-19)15(18)16(12)20-13-4-2-1-3-11(13)9-14(20)21/h1-6H,7,9H2. The van der Waals surface area contributed by atoms with Gasteiger partial charge in [0.2, 0.25) is 5.91 Å². The Morgan fingerprint density at radius 3 is 2.71 bits per heavy atom. The van der Waals surface area contributed by atoms with E-state index in [1.165, 1.54) is 0 Å². The second kappa shape index (κ2) is 5.40. The number of hydrogen-bond donors (Lipinski definition) is 0. The minimum absolute atomic E-state index is 0.0749. The summed E-state index contributed by atoms with van der Waals surface area (Å²) in [7, 11) is 0. The smallest absolute Gasteiger partial charge is 0.236 e. The van der Waals surface area contributed by atoms with Gasteiger partial charge in [-0.3, -0.25) is 9.69 Å². The van der Waals surface area contributed by atoms with E-state index in [0.717, 1.165) is 11.3 Å². The second-order valence-corrected chi connectivity index (χ2v) is 5.52. The lowest BCUT2D eigenvalue weighted by molar-refractivity contribution is -0.116. The third-order valence-corrected chi connectivity index (χ3v) is 4.19. The van der Waals surface area contributed by atoms with Crippen LogP contribution in [0.25, 0.3) is 0 Å². The summed E-state index contributed by atoms with van der Waals surface area (Å²) in [5.74, 6) is -0.0749. The van der Waals surface area contributed by atoms with Crippen molar-refractivity contribution in [3.8, 4) is 6.07 Å². The molecule has 0 fully saturated rings. The molecule has 1 heterocycles. The molecule has 2 aromatic carbocycles. The molecular formula is C16H10Cl2N2O. The number of rotatable bonds is 2. The SMILES string of the molecule is N#CCc1ccc(Cl)c(N2C(=O)Cc3ccccc32)c1Cl. The fourth-order valence-electron chi connectivity index (χ4n) is 2.51. The van der Waals surface area contributed by atoms with Crippen LogP contribution in [0.3, 0.4) is 0 Å².